The third-order valence-electron chi connectivity index (χ3n) is 14.8. The molecule has 0 aliphatic carbocycles. The molecule has 0 N–H and O–H groups in total. The first-order valence-corrected chi connectivity index (χ1v) is 26.2. The van der Waals surface area contributed by atoms with Crippen LogP contribution < -0.4 is 0 Å². The van der Waals surface area contributed by atoms with Gasteiger partial charge >= 0.3 is 0 Å². The van der Waals surface area contributed by atoms with Gasteiger partial charge in [-0.25, -0.2) is 15.0 Å². The third-order valence-corrected chi connectivity index (χ3v) is 16.0. The molecule has 4 heterocycles. The molecule has 15 rings (SSSR count). The minimum Gasteiger partial charge on any atom is -0.308 e. The van der Waals surface area contributed by atoms with Crippen molar-refractivity contribution < 1.29 is 0 Å². The average molecular weight is 974 g/mol. The van der Waals surface area contributed by atoms with Gasteiger partial charge in [0, 0.05) is 60.4 Å². The van der Waals surface area contributed by atoms with Gasteiger partial charge in [-0.05, 0) is 69.8 Å². The molecule has 0 spiro atoms. The van der Waals surface area contributed by atoms with Crippen molar-refractivity contribution in [1.82, 2.24) is 24.1 Å². The highest BCUT2D eigenvalue weighted by molar-refractivity contribution is 7.27. The van der Waals surface area contributed by atoms with Crippen molar-refractivity contribution in [3.05, 3.63) is 261 Å². The molecule has 75 heavy (non-hydrogen) atoms. The Morgan fingerprint density at radius 2 is 0.667 bits per heavy atom. The maximum Gasteiger partial charge on any atom is 0.164 e. The van der Waals surface area contributed by atoms with Crippen LogP contribution in [0.4, 0.5) is 0 Å². The monoisotopic (exact) mass is 973 g/mol. The van der Waals surface area contributed by atoms with Crippen molar-refractivity contribution in [3.8, 4) is 78.9 Å². The largest absolute Gasteiger partial charge is 0.308 e. The number of hydrogen-bond acceptors (Lipinski definition) is 4. The number of benzene rings is 11. The molecule has 6 heteroatoms. The predicted molar refractivity (Wildman–Crippen MR) is 314 cm³/mol. The van der Waals surface area contributed by atoms with Crippen LogP contribution in [0.25, 0.3) is 143 Å². The molecule has 0 saturated carbocycles. The maximum absolute atomic E-state index is 5.35. The van der Waals surface area contributed by atoms with Gasteiger partial charge in [0.2, 0.25) is 0 Å². The molecular formula is C69H43N5S. The first-order chi connectivity index (χ1) is 37.2. The van der Waals surface area contributed by atoms with Gasteiger partial charge in [0.1, 0.15) is 0 Å². The molecule has 0 amide bonds. The summed E-state index contributed by atoms with van der Waals surface area (Å²) in [5.41, 5.74) is 16.5. The number of rotatable bonds is 8. The van der Waals surface area contributed by atoms with E-state index in [1.54, 1.807) is 0 Å². The number of fused-ring (bicyclic) bond motifs is 11. The van der Waals surface area contributed by atoms with Crippen molar-refractivity contribution in [2.75, 3.05) is 0 Å². The lowest BCUT2D eigenvalue weighted by Crippen LogP contribution is -2.02. The fourth-order valence-electron chi connectivity index (χ4n) is 11.3. The van der Waals surface area contributed by atoms with E-state index in [9.17, 15) is 0 Å². The molecule has 15 aromatic rings. The van der Waals surface area contributed by atoms with Gasteiger partial charge in [0.05, 0.1) is 31.5 Å². The smallest absolute Gasteiger partial charge is 0.164 e. The number of hydrogen-bond donors (Lipinski definition) is 0. The highest BCUT2D eigenvalue weighted by atomic mass is 32.1. The number of nitrogens with zero attached hydrogens (tertiary/aromatic N) is 5. The Hall–Kier alpha value is -9.75. The first kappa shape index (κ1) is 42.9. The Bertz CT molecular complexity index is 4670. The Labute approximate surface area is 436 Å². The van der Waals surface area contributed by atoms with E-state index < -0.39 is 0 Å². The van der Waals surface area contributed by atoms with E-state index in [-0.39, 0.29) is 0 Å². The van der Waals surface area contributed by atoms with Gasteiger partial charge in [0.15, 0.2) is 17.5 Å². The number of para-hydroxylation sites is 2. The zero-order valence-electron chi connectivity index (χ0n) is 40.5. The zero-order chi connectivity index (χ0) is 49.4. The number of aromatic nitrogens is 5. The molecule has 0 radical (unpaired) electrons. The SMILES string of the molecule is c1ccc(-c2ccc(-c3nc(-c4cccc(-n5c6ccccc6c6ccc7c8ccc9c%10ccccc%10n(-c%10ccc(-c%11ccccc%11)cc%10)c9c8sc7c65)c4)nc(-c4ccccc4-c4ccccc4)n3)cc2)cc1. The Balaban J connectivity index is 0.928. The van der Waals surface area contributed by atoms with Crippen LogP contribution in [0.2, 0.25) is 0 Å². The van der Waals surface area contributed by atoms with E-state index in [0.717, 1.165) is 55.8 Å². The van der Waals surface area contributed by atoms with Crippen LogP contribution in [0, 0.1) is 0 Å². The van der Waals surface area contributed by atoms with Crippen LogP contribution in [0.15, 0.2) is 261 Å². The molecule has 350 valence electrons. The van der Waals surface area contributed by atoms with Gasteiger partial charge < -0.3 is 9.13 Å². The fourth-order valence-corrected chi connectivity index (χ4v) is 12.7. The lowest BCUT2D eigenvalue weighted by atomic mass is 9.99. The minimum absolute atomic E-state index is 0.603. The first-order valence-electron chi connectivity index (χ1n) is 25.3. The second-order valence-electron chi connectivity index (χ2n) is 19.1. The second kappa shape index (κ2) is 17.5. The topological polar surface area (TPSA) is 48.5 Å². The van der Waals surface area contributed by atoms with Crippen LogP contribution in [0.5, 0.6) is 0 Å². The lowest BCUT2D eigenvalue weighted by molar-refractivity contribution is 1.07. The normalized spacial score (nSPS) is 11.7. The van der Waals surface area contributed by atoms with E-state index in [2.05, 4.69) is 258 Å². The molecule has 0 aliphatic heterocycles. The summed E-state index contributed by atoms with van der Waals surface area (Å²) in [4.78, 5) is 15.9. The predicted octanol–water partition coefficient (Wildman–Crippen LogP) is 18.4. The van der Waals surface area contributed by atoms with E-state index in [1.807, 2.05) is 23.5 Å². The van der Waals surface area contributed by atoms with Crippen molar-refractivity contribution in [3.63, 3.8) is 0 Å². The van der Waals surface area contributed by atoms with Gasteiger partial charge in [-0.15, -0.1) is 11.3 Å². The van der Waals surface area contributed by atoms with Crippen LogP contribution in [0.1, 0.15) is 0 Å². The maximum atomic E-state index is 5.35. The molecule has 11 aromatic carbocycles. The Morgan fingerprint density at radius 1 is 0.253 bits per heavy atom. The quantitative estimate of drug-likeness (QED) is 0.152. The summed E-state index contributed by atoms with van der Waals surface area (Å²) in [7, 11) is 0. The van der Waals surface area contributed by atoms with Crippen LogP contribution in [-0.2, 0) is 0 Å². The highest BCUT2D eigenvalue weighted by Gasteiger charge is 2.23. The second-order valence-corrected chi connectivity index (χ2v) is 20.1. The van der Waals surface area contributed by atoms with E-state index in [4.69, 9.17) is 15.0 Å². The summed E-state index contributed by atoms with van der Waals surface area (Å²) in [6, 6.07) is 93.2. The minimum atomic E-state index is 0.603. The van der Waals surface area contributed by atoms with Gasteiger partial charge in [-0.3, -0.25) is 0 Å². The molecule has 5 nitrogen and oxygen atoms in total. The van der Waals surface area contributed by atoms with Crippen molar-refractivity contribution >= 4 is 75.1 Å². The molecule has 0 fully saturated rings. The summed E-state index contributed by atoms with van der Waals surface area (Å²) < 4.78 is 7.44. The molecular weight excluding hydrogens is 931 g/mol. The van der Waals surface area contributed by atoms with E-state index in [1.165, 1.54) is 69.4 Å². The zero-order valence-corrected chi connectivity index (χ0v) is 41.3. The van der Waals surface area contributed by atoms with Gasteiger partial charge in [-0.2, -0.15) is 0 Å². The third kappa shape index (κ3) is 7.10. The molecule has 0 bridgehead atoms. The van der Waals surface area contributed by atoms with E-state index >= 15 is 0 Å². The molecule has 0 unspecified atom stereocenters. The summed E-state index contributed by atoms with van der Waals surface area (Å²) in [6.07, 6.45) is 0. The van der Waals surface area contributed by atoms with Gasteiger partial charge in [0.25, 0.3) is 0 Å². The highest BCUT2D eigenvalue weighted by Crippen LogP contribution is 2.47. The van der Waals surface area contributed by atoms with Crippen LogP contribution >= 0.6 is 11.3 Å². The lowest BCUT2D eigenvalue weighted by Gasteiger charge is -2.13. The fraction of sp³-hybridized carbons (Fsp3) is 0. The van der Waals surface area contributed by atoms with Crippen molar-refractivity contribution in [2.45, 2.75) is 0 Å². The molecule has 0 atom stereocenters. The Morgan fingerprint density at radius 3 is 1.25 bits per heavy atom. The van der Waals surface area contributed by atoms with Crippen LogP contribution in [-0.4, -0.2) is 24.1 Å². The molecule has 0 saturated heterocycles. The average Bonchev–Trinajstić information content (AvgIpc) is 4.17. The van der Waals surface area contributed by atoms with E-state index in [0.29, 0.717) is 17.5 Å². The molecule has 0 aliphatic rings. The van der Waals surface area contributed by atoms with Crippen molar-refractivity contribution in [2.24, 2.45) is 0 Å². The molecule has 4 aromatic heterocycles. The van der Waals surface area contributed by atoms with Crippen LogP contribution in [0.3, 0.4) is 0 Å². The van der Waals surface area contributed by atoms with Crippen molar-refractivity contribution in [1.29, 1.82) is 0 Å². The number of thiophene rings is 1. The summed E-state index contributed by atoms with van der Waals surface area (Å²) >= 11 is 1.89. The Kier molecular flexibility index (Phi) is 10.00. The summed E-state index contributed by atoms with van der Waals surface area (Å²) in [6.45, 7) is 0. The summed E-state index contributed by atoms with van der Waals surface area (Å²) in [5, 5.41) is 7.39. The summed E-state index contributed by atoms with van der Waals surface area (Å²) in [5.74, 6) is 1.83. The standard InChI is InChI=1S/C69H43N5S/c1-4-17-44(18-5-1)46-31-33-49(34-32-46)67-70-68(72-69(71-67)60-28-11-10-25-53(60)48-21-8-3-9-22-48)50-23-16-24-52(43-50)74-62-30-15-13-27-55(62)57-40-42-59-58-41-39-56-54-26-12-14-29-61(54)73(63(56)65(58)75-66(59)64(57)74)51-37-35-47(36-38-51)45-19-6-2-7-20-45/h1-43H. The van der Waals surface area contributed by atoms with Gasteiger partial charge in [-0.1, -0.05) is 224 Å².